The molecule has 3 heterocycles. The summed E-state index contributed by atoms with van der Waals surface area (Å²) in [4.78, 5) is 21.5. The van der Waals surface area contributed by atoms with E-state index in [2.05, 4.69) is 16.1 Å². The predicted molar refractivity (Wildman–Crippen MR) is 106 cm³/mol. The van der Waals surface area contributed by atoms with Gasteiger partial charge in [-0.25, -0.2) is 9.97 Å². The van der Waals surface area contributed by atoms with E-state index >= 15 is 0 Å². The molecule has 0 unspecified atom stereocenters. The zero-order valence-electron chi connectivity index (χ0n) is 13.8. The Kier molecular flexibility index (Phi) is 4.53. The molecule has 0 radical (unpaired) electrons. The van der Waals surface area contributed by atoms with Gasteiger partial charge >= 0.3 is 0 Å². The van der Waals surface area contributed by atoms with Crippen molar-refractivity contribution in [2.45, 2.75) is 17.5 Å². The van der Waals surface area contributed by atoms with Gasteiger partial charge in [-0.05, 0) is 24.3 Å². The van der Waals surface area contributed by atoms with Crippen LogP contribution in [0, 0.1) is 0 Å². The summed E-state index contributed by atoms with van der Waals surface area (Å²) < 4.78 is 3.56. The van der Waals surface area contributed by atoms with Gasteiger partial charge in [0.1, 0.15) is 5.65 Å². The summed E-state index contributed by atoms with van der Waals surface area (Å²) in [6, 6.07) is 13.0. The van der Waals surface area contributed by atoms with Crippen LogP contribution in [-0.2, 0) is 12.3 Å². The first kappa shape index (κ1) is 16.9. The molecule has 0 aliphatic carbocycles. The Labute approximate surface area is 159 Å². The standard InChI is InChI=1S/C19H15ClN4OS/c1-2-9-23-16-6-4-3-5-15(16)22-19(23)26-12-14-10-18(25)24-11-13(20)7-8-17(24)21-14/h2-8,10-11H,1,9,12H2. The van der Waals surface area contributed by atoms with Gasteiger partial charge in [0.2, 0.25) is 0 Å². The van der Waals surface area contributed by atoms with Crippen molar-refractivity contribution in [2.75, 3.05) is 0 Å². The molecule has 0 spiro atoms. The number of hydrogen-bond acceptors (Lipinski definition) is 4. The van der Waals surface area contributed by atoms with Gasteiger partial charge in [0.05, 0.1) is 21.7 Å². The minimum absolute atomic E-state index is 0.146. The Morgan fingerprint density at radius 2 is 2.04 bits per heavy atom. The molecule has 130 valence electrons. The van der Waals surface area contributed by atoms with Crippen LogP contribution in [0.1, 0.15) is 5.69 Å². The van der Waals surface area contributed by atoms with Crippen molar-refractivity contribution in [2.24, 2.45) is 0 Å². The highest BCUT2D eigenvalue weighted by Crippen LogP contribution is 2.26. The normalized spacial score (nSPS) is 11.3. The van der Waals surface area contributed by atoms with Crippen molar-refractivity contribution in [3.05, 3.63) is 82.4 Å². The number of allylic oxidation sites excluding steroid dienone is 1. The van der Waals surface area contributed by atoms with E-state index in [1.807, 2.05) is 30.3 Å². The number of fused-ring (bicyclic) bond motifs is 2. The fourth-order valence-corrected chi connectivity index (χ4v) is 3.88. The molecular weight excluding hydrogens is 368 g/mol. The summed E-state index contributed by atoms with van der Waals surface area (Å²) in [5, 5.41) is 1.38. The maximum atomic E-state index is 12.3. The molecule has 0 fully saturated rings. The Bertz CT molecular complexity index is 1180. The van der Waals surface area contributed by atoms with Gasteiger partial charge in [0.15, 0.2) is 5.16 Å². The average molecular weight is 383 g/mol. The van der Waals surface area contributed by atoms with Gasteiger partial charge in [-0.3, -0.25) is 9.20 Å². The molecule has 0 saturated heterocycles. The first-order chi connectivity index (χ1) is 12.7. The molecule has 0 N–H and O–H groups in total. The molecule has 4 rings (SSSR count). The molecule has 0 aliphatic heterocycles. The number of imidazole rings is 1. The molecule has 0 saturated carbocycles. The summed E-state index contributed by atoms with van der Waals surface area (Å²) in [5.41, 5.74) is 3.15. The monoisotopic (exact) mass is 382 g/mol. The third-order valence-corrected chi connectivity index (χ3v) is 5.19. The van der Waals surface area contributed by atoms with Crippen LogP contribution in [-0.4, -0.2) is 18.9 Å². The summed E-state index contributed by atoms with van der Waals surface area (Å²) >= 11 is 7.50. The van der Waals surface area contributed by atoms with E-state index in [0.717, 1.165) is 16.2 Å². The highest BCUT2D eigenvalue weighted by molar-refractivity contribution is 7.98. The van der Waals surface area contributed by atoms with Crippen LogP contribution in [0.4, 0.5) is 0 Å². The van der Waals surface area contributed by atoms with E-state index in [9.17, 15) is 4.79 Å². The maximum Gasteiger partial charge on any atom is 0.258 e. The number of pyridine rings is 1. The van der Waals surface area contributed by atoms with Crippen molar-refractivity contribution in [1.82, 2.24) is 18.9 Å². The molecule has 5 nitrogen and oxygen atoms in total. The Balaban J connectivity index is 1.67. The molecule has 0 bridgehead atoms. The quantitative estimate of drug-likeness (QED) is 0.384. The van der Waals surface area contributed by atoms with Gasteiger partial charge < -0.3 is 4.57 Å². The molecule has 3 aromatic heterocycles. The Morgan fingerprint density at radius 1 is 1.19 bits per heavy atom. The van der Waals surface area contributed by atoms with Gasteiger partial charge in [0.25, 0.3) is 5.56 Å². The molecule has 7 heteroatoms. The van der Waals surface area contributed by atoms with E-state index in [4.69, 9.17) is 16.6 Å². The van der Waals surface area contributed by atoms with Crippen molar-refractivity contribution in [3.63, 3.8) is 0 Å². The average Bonchev–Trinajstić information content (AvgIpc) is 2.99. The van der Waals surface area contributed by atoms with E-state index in [1.165, 1.54) is 10.5 Å². The largest absolute Gasteiger partial charge is 0.315 e. The van der Waals surface area contributed by atoms with Crippen LogP contribution >= 0.6 is 23.4 Å². The minimum Gasteiger partial charge on any atom is -0.315 e. The highest BCUT2D eigenvalue weighted by Gasteiger charge is 2.11. The number of nitrogens with zero attached hydrogens (tertiary/aromatic N) is 4. The number of rotatable bonds is 5. The van der Waals surface area contributed by atoms with Crippen molar-refractivity contribution < 1.29 is 0 Å². The van der Waals surface area contributed by atoms with Gasteiger partial charge in [-0.2, -0.15) is 0 Å². The first-order valence-corrected chi connectivity index (χ1v) is 9.39. The third kappa shape index (κ3) is 3.13. The van der Waals surface area contributed by atoms with Crippen LogP contribution < -0.4 is 5.56 Å². The van der Waals surface area contributed by atoms with Crippen LogP contribution in [0.5, 0.6) is 0 Å². The molecule has 1 aromatic carbocycles. The molecular formula is C19H15ClN4OS. The number of para-hydroxylation sites is 2. The van der Waals surface area contributed by atoms with E-state index in [1.54, 1.807) is 30.1 Å². The van der Waals surface area contributed by atoms with Gasteiger partial charge in [0, 0.05) is 24.6 Å². The lowest BCUT2D eigenvalue weighted by molar-refractivity contribution is 0.748. The van der Waals surface area contributed by atoms with Crippen molar-refractivity contribution in [1.29, 1.82) is 0 Å². The van der Waals surface area contributed by atoms with Crippen LogP contribution in [0.25, 0.3) is 16.7 Å². The second-order valence-corrected chi connectivity index (χ2v) is 7.11. The van der Waals surface area contributed by atoms with E-state index in [0.29, 0.717) is 28.7 Å². The lowest BCUT2D eigenvalue weighted by Crippen LogP contribution is -2.15. The lowest BCUT2D eigenvalue weighted by atomic mass is 10.3. The fourth-order valence-electron chi connectivity index (χ4n) is 2.81. The number of benzene rings is 1. The molecule has 0 amide bonds. The molecule has 0 atom stereocenters. The van der Waals surface area contributed by atoms with Crippen LogP contribution in [0.15, 0.2) is 71.3 Å². The van der Waals surface area contributed by atoms with Crippen LogP contribution in [0.2, 0.25) is 5.02 Å². The van der Waals surface area contributed by atoms with Gasteiger partial charge in [-0.15, -0.1) is 6.58 Å². The highest BCUT2D eigenvalue weighted by atomic mass is 35.5. The van der Waals surface area contributed by atoms with Crippen molar-refractivity contribution >= 4 is 40.0 Å². The third-order valence-electron chi connectivity index (χ3n) is 3.96. The molecule has 4 aromatic rings. The smallest absolute Gasteiger partial charge is 0.258 e. The number of aromatic nitrogens is 4. The number of hydrogen-bond donors (Lipinski definition) is 0. The summed E-state index contributed by atoms with van der Waals surface area (Å²) in [6.07, 6.45) is 3.43. The fraction of sp³-hybridized carbons (Fsp3) is 0.105. The SMILES string of the molecule is C=CCn1c(SCc2cc(=O)n3cc(Cl)ccc3n2)nc2ccccc21. The zero-order valence-corrected chi connectivity index (χ0v) is 15.4. The lowest BCUT2D eigenvalue weighted by Gasteiger charge is -2.07. The topological polar surface area (TPSA) is 52.2 Å². The Morgan fingerprint density at radius 3 is 2.88 bits per heavy atom. The van der Waals surface area contributed by atoms with Crippen LogP contribution in [0.3, 0.4) is 0 Å². The minimum atomic E-state index is -0.146. The summed E-state index contributed by atoms with van der Waals surface area (Å²) in [5.74, 6) is 0.550. The van der Waals surface area contributed by atoms with Crippen molar-refractivity contribution in [3.8, 4) is 0 Å². The molecule has 26 heavy (non-hydrogen) atoms. The molecule has 0 aliphatic rings. The number of thioether (sulfide) groups is 1. The van der Waals surface area contributed by atoms with E-state index < -0.39 is 0 Å². The van der Waals surface area contributed by atoms with Gasteiger partial charge in [-0.1, -0.05) is 41.6 Å². The maximum absolute atomic E-state index is 12.3. The summed E-state index contributed by atoms with van der Waals surface area (Å²) in [7, 11) is 0. The Hall–Kier alpha value is -2.57. The summed E-state index contributed by atoms with van der Waals surface area (Å²) in [6.45, 7) is 4.51. The van der Waals surface area contributed by atoms with E-state index in [-0.39, 0.29) is 5.56 Å². The first-order valence-electron chi connectivity index (χ1n) is 8.02. The number of halogens is 1. The predicted octanol–water partition coefficient (Wildman–Crippen LogP) is 4.18. The zero-order chi connectivity index (χ0) is 18.1. The second kappa shape index (κ2) is 6.97. The second-order valence-electron chi connectivity index (χ2n) is 5.73.